The number of furan rings is 1. The second kappa shape index (κ2) is 6.95. The van der Waals surface area contributed by atoms with Crippen molar-refractivity contribution in [2.24, 2.45) is 5.92 Å². The molecule has 1 aromatic carbocycles. The van der Waals surface area contributed by atoms with Crippen LogP contribution in [0.25, 0.3) is 6.08 Å². The van der Waals surface area contributed by atoms with Crippen molar-refractivity contribution in [3.05, 3.63) is 89.3 Å². The molecule has 5 rings (SSSR count). The molecular weight excluding hydrogens is 400 g/mol. The second-order valence-corrected chi connectivity index (χ2v) is 9.61. The largest absolute Gasteiger partial charge is 0.461 e. The van der Waals surface area contributed by atoms with Crippen LogP contribution in [0.4, 0.5) is 0 Å². The fourth-order valence-corrected chi connectivity index (χ4v) is 5.48. The zero-order valence-corrected chi connectivity index (χ0v) is 17.2. The van der Waals surface area contributed by atoms with Crippen molar-refractivity contribution in [3.8, 4) is 0 Å². The summed E-state index contributed by atoms with van der Waals surface area (Å²) in [6.45, 7) is 2.19. The summed E-state index contributed by atoms with van der Waals surface area (Å²) < 4.78 is 33.9. The van der Waals surface area contributed by atoms with E-state index in [2.05, 4.69) is 11.9 Å². The van der Waals surface area contributed by atoms with Crippen LogP contribution in [0.1, 0.15) is 46.7 Å². The number of aromatic nitrogens is 1. The Morgan fingerprint density at radius 2 is 1.87 bits per heavy atom. The lowest BCUT2D eigenvalue weighted by Crippen LogP contribution is -2.38. The minimum Gasteiger partial charge on any atom is -0.461 e. The van der Waals surface area contributed by atoms with Crippen LogP contribution in [0.3, 0.4) is 0 Å². The van der Waals surface area contributed by atoms with Gasteiger partial charge in [-0.3, -0.25) is 14.1 Å². The number of allylic oxidation sites excluding steroid dienone is 1. The molecule has 2 aliphatic rings. The van der Waals surface area contributed by atoms with E-state index in [1.54, 1.807) is 48.8 Å². The molecule has 0 saturated heterocycles. The van der Waals surface area contributed by atoms with E-state index in [-0.39, 0.29) is 28.5 Å². The number of sulfonamides is 1. The molecule has 1 aliphatic heterocycles. The molecule has 0 radical (unpaired) electrons. The van der Waals surface area contributed by atoms with Gasteiger partial charge in [0.05, 0.1) is 11.4 Å². The summed E-state index contributed by atoms with van der Waals surface area (Å²) in [5.74, 6) is 2.00. The molecular formula is C23H20N2O4S. The van der Waals surface area contributed by atoms with Crippen LogP contribution in [0, 0.1) is 5.92 Å². The maximum atomic E-state index is 13.4. The van der Waals surface area contributed by atoms with E-state index < -0.39 is 10.0 Å². The van der Waals surface area contributed by atoms with Gasteiger partial charge in [0.25, 0.3) is 10.0 Å². The minimum atomic E-state index is -3.91. The van der Waals surface area contributed by atoms with Gasteiger partial charge in [0.15, 0.2) is 0 Å². The number of hydrogen-bond acceptors (Lipinski definition) is 5. The highest BCUT2D eigenvalue weighted by Gasteiger charge is 2.40. The number of nitrogens with zero attached hydrogens (tertiary/aromatic N) is 2. The average molecular weight is 420 g/mol. The summed E-state index contributed by atoms with van der Waals surface area (Å²) in [6, 6.07) is 13.5. The van der Waals surface area contributed by atoms with Crippen LogP contribution in [-0.4, -0.2) is 23.5 Å². The lowest BCUT2D eigenvalue weighted by atomic mass is 10.1. The SMILES string of the molecule is C[C@H]1C[C@@H]1c1ccc(/C=C2\C(=O)c3ccccc3S(=O)(=O)N2Cc2ccncc2)o1. The van der Waals surface area contributed by atoms with Gasteiger partial charge in [-0.15, -0.1) is 0 Å². The number of rotatable bonds is 4. The molecule has 2 atom stereocenters. The molecule has 7 heteroatoms. The first-order valence-electron chi connectivity index (χ1n) is 9.82. The van der Waals surface area contributed by atoms with Crippen molar-refractivity contribution in [1.29, 1.82) is 0 Å². The molecule has 0 spiro atoms. The first kappa shape index (κ1) is 18.8. The van der Waals surface area contributed by atoms with E-state index >= 15 is 0 Å². The first-order chi connectivity index (χ1) is 14.4. The van der Waals surface area contributed by atoms with Gasteiger partial charge in [0.2, 0.25) is 5.78 Å². The van der Waals surface area contributed by atoms with Crippen molar-refractivity contribution in [1.82, 2.24) is 9.29 Å². The number of carbonyl (C=O) groups excluding carboxylic acids is 1. The van der Waals surface area contributed by atoms with E-state index in [4.69, 9.17) is 4.42 Å². The molecule has 1 aliphatic carbocycles. The summed E-state index contributed by atoms with van der Waals surface area (Å²) in [4.78, 5) is 17.3. The van der Waals surface area contributed by atoms with Gasteiger partial charge < -0.3 is 4.42 Å². The zero-order chi connectivity index (χ0) is 20.9. The fraction of sp³-hybridized carbons (Fsp3) is 0.217. The maximum absolute atomic E-state index is 13.4. The highest BCUT2D eigenvalue weighted by Crippen LogP contribution is 2.47. The van der Waals surface area contributed by atoms with Gasteiger partial charge in [0, 0.05) is 30.0 Å². The number of carbonyl (C=O) groups is 1. The van der Waals surface area contributed by atoms with E-state index in [9.17, 15) is 13.2 Å². The smallest absolute Gasteiger partial charge is 0.265 e. The quantitative estimate of drug-likeness (QED) is 0.590. The molecule has 0 N–H and O–H groups in total. The van der Waals surface area contributed by atoms with E-state index in [0.29, 0.717) is 17.6 Å². The van der Waals surface area contributed by atoms with E-state index in [0.717, 1.165) is 22.0 Å². The molecule has 0 bridgehead atoms. The van der Waals surface area contributed by atoms with Crippen LogP contribution in [-0.2, 0) is 16.6 Å². The summed E-state index contributed by atoms with van der Waals surface area (Å²) in [6.07, 6.45) is 5.81. The van der Waals surface area contributed by atoms with Crippen molar-refractivity contribution in [2.45, 2.75) is 30.7 Å². The second-order valence-electron chi connectivity index (χ2n) is 7.78. The summed E-state index contributed by atoms with van der Waals surface area (Å²) in [5.41, 5.74) is 0.992. The van der Waals surface area contributed by atoms with Gasteiger partial charge in [-0.05, 0) is 54.3 Å². The maximum Gasteiger partial charge on any atom is 0.265 e. The zero-order valence-electron chi connectivity index (χ0n) is 16.4. The topological polar surface area (TPSA) is 80.5 Å². The molecule has 152 valence electrons. The molecule has 30 heavy (non-hydrogen) atoms. The van der Waals surface area contributed by atoms with Gasteiger partial charge in [-0.1, -0.05) is 19.1 Å². The number of Topliss-reactive ketones (excluding diaryl/α,β-unsaturated/α-hetero) is 1. The summed E-state index contributed by atoms with van der Waals surface area (Å²) in [7, 11) is -3.91. The van der Waals surface area contributed by atoms with Crippen LogP contribution in [0.15, 0.2) is 75.9 Å². The molecule has 1 fully saturated rings. The highest BCUT2D eigenvalue weighted by atomic mass is 32.2. The van der Waals surface area contributed by atoms with Crippen LogP contribution in [0.2, 0.25) is 0 Å². The molecule has 0 unspecified atom stereocenters. The monoisotopic (exact) mass is 420 g/mol. The Bertz CT molecular complexity index is 1260. The average Bonchev–Trinajstić information content (AvgIpc) is 3.30. The Labute approximate surface area is 174 Å². The van der Waals surface area contributed by atoms with Gasteiger partial charge in [0.1, 0.15) is 17.2 Å². The Balaban J connectivity index is 1.62. The molecule has 3 heterocycles. The summed E-state index contributed by atoms with van der Waals surface area (Å²) >= 11 is 0. The third-order valence-electron chi connectivity index (χ3n) is 5.68. The van der Waals surface area contributed by atoms with E-state index in [1.165, 1.54) is 12.1 Å². The fourth-order valence-electron chi connectivity index (χ4n) is 3.84. The van der Waals surface area contributed by atoms with E-state index in [1.807, 2.05) is 6.07 Å². The Morgan fingerprint density at radius 3 is 2.60 bits per heavy atom. The Kier molecular flexibility index (Phi) is 4.36. The number of fused-ring (bicyclic) bond motifs is 1. The Hall–Kier alpha value is -3.19. The predicted molar refractivity (Wildman–Crippen MR) is 111 cm³/mol. The number of pyridine rings is 1. The van der Waals surface area contributed by atoms with Gasteiger partial charge in [-0.2, -0.15) is 0 Å². The number of benzene rings is 1. The Morgan fingerprint density at radius 1 is 1.13 bits per heavy atom. The van der Waals surface area contributed by atoms with Gasteiger partial charge in [-0.25, -0.2) is 8.42 Å². The molecule has 3 aromatic rings. The first-order valence-corrected chi connectivity index (χ1v) is 11.3. The molecule has 1 saturated carbocycles. The highest BCUT2D eigenvalue weighted by molar-refractivity contribution is 7.89. The van der Waals surface area contributed by atoms with Gasteiger partial charge >= 0.3 is 0 Å². The van der Waals surface area contributed by atoms with Crippen molar-refractivity contribution in [2.75, 3.05) is 0 Å². The molecule has 2 aromatic heterocycles. The number of hydrogen-bond donors (Lipinski definition) is 0. The lowest BCUT2D eigenvalue weighted by molar-refractivity contribution is 0.100. The van der Waals surface area contributed by atoms with Crippen molar-refractivity contribution in [3.63, 3.8) is 0 Å². The van der Waals surface area contributed by atoms with Crippen LogP contribution in [0.5, 0.6) is 0 Å². The van der Waals surface area contributed by atoms with Crippen molar-refractivity contribution >= 4 is 21.9 Å². The van der Waals surface area contributed by atoms with Crippen LogP contribution < -0.4 is 0 Å². The van der Waals surface area contributed by atoms with Crippen LogP contribution >= 0.6 is 0 Å². The molecule has 0 amide bonds. The lowest BCUT2D eigenvalue weighted by Gasteiger charge is -2.31. The normalized spacial score (nSPS) is 23.4. The van der Waals surface area contributed by atoms with Crippen molar-refractivity contribution < 1.29 is 17.6 Å². The standard InChI is InChI=1S/C23H20N2O4S/c1-15-12-19(15)21-7-6-17(29-21)13-20-23(26)18-4-2-3-5-22(18)30(27,28)25(20)14-16-8-10-24-11-9-16/h2-11,13,15,19H,12,14H2,1H3/b20-13+/t15-,19-/m0/s1. The number of ketones is 1. The summed E-state index contributed by atoms with van der Waals surface area (Å²) in [5, 5.41) is 0. The molecule has 6 nitrogen and oxygen atoms in total. The third-order valence-corrected chi connectivity index (χ3v) is 7.50. The predicted octanol–water partition coefficient (Wildman–Crippen LogP) is 4.23. The third kappa shape index (κ3) is 3.15. The minimum absolute atomic E-state index is 0.0214.